The van der Waals surface area contributed by atoms with E-state index in [1.165, 1.54) is 128 Å². The first kappa shape index (κ1) is 42.4. The van der Waals surface area contributed by atoms with Crippen molar-refractivity contribution in [2.45, 2.75) is 230 Å². The van der Waals surface area contributed by atoms with E-state index in [0.717, 1.165) is 65.1 Å². The summed E-state index contributed by atoms with van der Waals surface area (Å²) < 4.78 is 0. The van der Waals surface area contributed by atoms with E-state index in [4.69, 9.17) is 0 Å². The summed E-state index contributed by atoms with van der Waals surface area (Å²) in [6.45, 7) is 26.3. The average molecular weight is 669 g/mol. The molecule has 6 aliphatic carbocycles. The SMILES string of the molecule is CC1CCC(CC2CCC(C)CC2)CC1.CCC1(C)CC(C)CC(C)(C)C1.CCC1CC2CC1CC2CC.CCC1CCC(CC)CC1. The molecular formula is C48H92. The summed E-state index contributed by atoms with van der Waals surface area (Å²) in [4.78, 5) is 0. The fraction of sp³-hybridized carbons (Fsp3) is 1.00. The van der Waals surface area contributed by atoms with Gasteiger partial charge in [-0.3, -0.25) is 0 Å². The molecule has 0 amide bonds. The molecule has 0 spiro atoms. The summed E-state index contributed by atoms with van der Waals surface area (Å²) in [6, 6.07) is 0. The Labute approximate surface area is 305 Å². The molecule has 0 aromatic carbocycles. The Morgan fingerprint density at radius 3 is 1.15 bits per heavy atom. The van der Waals surface area contributed by atoms with Crippen molar-refractivity contribution in [1.29, 1.82) is 0 Å². The first-order valence-corrected chi connectivity index (χ1v) is 22.8. The topological polar surface area (TPSA) is 0 Å². The molecule has 0 aliphatic heterocycles. The molecule has 0 heteroatoms. The third kappa shape index (κ3) is 14.2. The van der Waals surface area contributed by atoms with Crippen molar-refractivity contribution >= 4 is 0 Å². The third-order valence-corrected chi connectivity index (χ3v) is 15.8. The Morgan fingerprint density at radius 1 is 0.438 bits per heavy atom. The van der Waals surface area contributed by atoms with E-state index >= 15 is 0 Å². The first-order chi connectivity index (χ1) is 22.8. The van der Waals surface area contributed by atoms with Crippen LogP contribution in [0.15, 0.2) is 0 Å². The number of rotatable bonds is 7. The highest BCUT2D eigenvalue weighted by Gasteiger charge is 2.43. The van der Waals surface area contributed by atoms with Crippen LogP contribution < -0.4 is 0 Å². The minimum absolute atomic E-state index is 0.586. The van der Waals surface area contributed by atoms with Gasteiger partial charge in [-0.1, -0.05) is 185 Å². The van der Waals surface area contributed by atoms with Crippen molar-refractivity contribution in [3.8, 4) is 0 Å². The summed E-state index contributed by atoms with van der Waals surface area (Å²) in [5, 5.41) is 0. The maximum absolute atomic E-state index is 2.46. The van der Waals surface area contributed by atoms with Crippen LogP contribution in [0.2, 0.25) is 0 Å². The van der Waals surface area contributed by atoms with Crippen LogP contribution in [0.4, 0.5) is 0 Å². The normalized spacial score (nSPS) is 41.9. The second-order valence-electron chi connectivity index (χ2n) is 20.8. The van der Waals surface area contributed by atoms with Crippen LogP contribution >= 0.6 is 0 Å². The summed E-state index contributed by atoms with van der Waals surface area (Å²) in [7, 11) is 0. The van der Waals surface area contributed by atoms with Gasteiger partial charge in [0.15, 0.2) is 0 Å². The standard InChI is InChI=1S/C15H28.C12H24.C11H20.C10H20/c1-12-3-7-14(8-4-12)11-15-9-5-13(2)6-10-15;1-6-12(5)8-10(2)7-11(3,4)9-12;1-3-8-5-11-7-10(8)6-9(11)4-2;1-3-9-5-7-10(4-2)8-6-9/h12-15H,3-11H2,1-2H3;10H,6-9H2,1-5H3;8-11H,3-7H2,1-2H3;9-10H,3-8H2,1-2H3. The van der Waals surface area contributed by atoms with Crippen LogP contribution in [0.3, 0.4) is 0 Å². The van der Waals surface area contributed by atoms with Crippen molar-refractivity contribution in [3.05, 3.63) is 0 Å². The average Bonchev–Trinajstić information content (AvgIpc) is 3.68. The molecular weight excluding hydrogens is 577 g/mol. The van der Waals surface area contributed by atoms with Gasteiger partial charge in [-0.2, -0.15) is 0 Å². The molecule has 284 valence electrons. The van der Waals surface area contributed by atoms with E-state index in [9.17, 15) is 0 Å². The maximum atomic E-state index is 2.46. The zero-order valence-corrected chi connectivity index (χ0v) is 35.3. The van der Waals surface area contributed by atoms with Crippen molar-refractivity contribution in [1.82, 2.24) is 0 Å². The lowest BCUT2D eigenvalue weighted by Crippen LogP contribution is -2.34. The van der Waals surface area contributed by atoms with Gasteiger partial charge in [-0.25, -0.2) is 0 Å². The molecule has 6 fully saturated rings. The van der Waals surface area contributed by atoms with E-state index in [0.29, 0.717) is 10.8 Å². The van der Waals surface area contributed by atoms with E-state index < -0.39 is 0 Å². The third-order valence-electron chi connectivity index (χ3n) is 15.8. The van der Waals surface area contributed by atoms with Crippen LogP contribution in [-0.4, -0.2) is 0 Å². The lowest BCUT2D eigenvalue weighted by Gasteiger charge is -2.45. The summed E-state index contributed by atoms with van der Waals surface area (Å²) >= 11 is 0. The van der Waals surface area contributed by atoms with Crippen LogP contribution in [0.25, 0.3) is 0 Å². The second-order valence-corrected chi connectivity index (χ2v) is 20.8. The van der Waals surface area contributed by atoms with Gasteiger partial charge >= 0.3 is 0 Å². The Kier molecular flexibility index (Phi) is 18.5. The van der Waals surface area contributed by atoms with Gasteiger partial charge in [-0.15, -0.1) is 0 Å². The maximum Gasteiger partial charge on any atom is -0.0321 e. The lowest BCUT2D eigenvalue weighted by molar-refractivity contribution is 0.0582. The van der Waals surface area contributed by atoms with Gasteiger partial charge < -0.3 is 0 Å². The fourth-order valence-electron chi connectivity index (χ4n) is 12.6. The summed E-state index contributed by atoms with van der Waals surface area (Å²) in [5.74, 6) is 11.8. The molecule has 6 saturated carbocycles. The van der Waals surface area contributed by atoms with Crippen LogP contribution in [0, 0.1) is 75.9 Å². The molecule has 6 rings (SSSR count). The van der Waals surface area contributed by atoms with Crippen molar-refractivity contribution in [2.75, 3.05) is 0 Å². The summed E-state index contributed by atoms with van der Waals surface area (Å²) in [6.07, 6.45) is 35.8. The number of hydrogen-bond donors (Lipinski definition) is 0. The molecule has 0 aromatic heterocycles. The van der Waals surface area contributed by atoms with Crippen molar-refractivity contribution < 1.29 is 0 Å². The van der Waals surface area contributed by atoms with Gasteiger partial charge in [0.05, 0.1) is 0 Å². The predicted molar refractivity (Wildman–Crippen MR) is 216 cm³/mol. The summed E-state index contributed by atoms with van der Waals surface area (Å²) in [5.41, 5.74) is 1.21. The molecule has 6 atom stereocenters. The molecule has 0 radical (unpaired) electrons. The smallest absolute Gasteiger partial charge is 0.0321 e. The molecule has 0 saturated heterocycles. The van der Waals surface area contributed by atoms with Crippen LogP contribution in [0.5, 0.6) is 0 Å². The predicted octanol–water partition coefficient (Wildman–Crippen LogP) is 16.4. The van der Waals surface area contributed by atoms with E-state index in [2.05, 4.69) is 76.2 Å². The van der Waals surface area contributed by atoms with Gasteiger partial charge in [0, 0.05) is 0 Å². The van der Waals surface area contributed by atoms with E-state index in [1.807, 2.05) is 0 Å². The highest BCUT2D eigenvalue weighted by atomic mass is 14.5. The highest BCUT2D eigenvalue weighted by Crippen LogP contribution is 2.53. The minimum Gasteiger partial charge on any atom is -0.0651 e. The van der Waals surface area contributed by atoms with E-state index in [-0.39, 0.29) is 0 Å². The number of hydrogen-bond acceptors (Lipinski definition) is 0. The minimum atomic E-state index is 0.586. The zero-order chi connectivity index (χ0) is 35.3. The van der Waals surface area contributed by atoms with Gasteiger partial charge in [0.1, 0.15) is 0 Å². The Bertz CT molecular complexity index is 767. The van der Waals surface area contributed by atoms with Crippen molar-refractivity contribution in [2.24, 2.45) is 75.9 Å². The van der Waals surface area contributed by atoms with Crippen LogP contribution in [-0.2, 0) is 0 Å². The number of fused-ring (bicyclic) bond motifs is 2. The zero-order valence-electron chi connectivity index (χ0n) is 35.3. The van der Waals surface area contributed by atoms with Gasteiger partial charge in [0.25, 0.3) is 0 Å². The second kappa shape index (κ2) is 20.9. The molecule has 0 heterocycles. The quantitative estimate of drug-likeness (QED) is 0.253. The molecule has 2 bridgehead atoms. The van der Waals surface area contributed by atoms with Gasteiger partial charge in [-0.05, 0) is 121 Å². The lowest BCUT2D eigenvalue weighted by atomic mass is 9.60. The van der Waals surface area contributed by atoms with E-state index in [1.54, 1.807) is 25.7 Å². The molecule has 0 aromatic rings. The molecule has 0 nitrogen and oxygen atoms in total. The van der Waals surface area contributed by atoms with Crippen LogP contribution in [0.1, 0.15) is 230 Å². The Balaban J connectivity index is 0.000000176. The monoisotopic (exact) mass is 669 g/mol. The Hall–Kier alpha value is 0. The highest BCUT2D eigenvalue weighted by molar-refractivity contribution is 4.94. The van der Waals surface area contributed by atoms with Gasteiger partial charge in [0.2, 0.25) is 0 Å². The molecule has 6 aliphatic rings. The fourth-order valence-corrected chi connectivity index (χ4v) is 12.6. The Morgan fingerprint density at radius 2 is 0.833 bits per heavy atom. The van der Waals surface area contributed by atoms with Crippen molar-refractivity contribution in [3.63, 3.8) is 0 Å². The molecule has 48 heavy (non-hydrogen) atoms. The first-order valence-electron chi connectivity index (χ1n) is 22.8. The molecule has 6 unspecified atom stereocenters. The largest absolute Gasteiger partial charge is 0.0651 e. The molecule has 0 N–H and O–H groups in total.